The maximum Gasteiger partial charge on any atom is 0.0740 e. The summed E-state index contributed by atoms with van der Waals surface area (Å²) in [6.45, 7) is 12.6. The van der Waals surface area contributed by atoms with E-state index in [9.17, 15) is 5.11 Å². The Bertz CT molecular complexity index is 733. The lowest BCUT2D eigenvalue weighted by Crippen LogP contribution is -2.55. The summed E-state index contributed by atoms with van der Waals surface area (Å²) in [6, 6.07) is 0.496. The Balaban J connectivity index is 1.58. The Kier molecular flexibility index (Phi) is 8.69. The number of nitrogens with zero attached hydrogens (tertiary/aromatic N) is 1. The number of piperidine rings is 1. The van der Waals surface area contributed by atoms with Crippen molar-refractivity contribution in [3.8, 4) is 0 Å². The van der Waals surface area contributed by atoms with Crippen LogP contribution in [0, 0.1) is 23.2 Å². The van der Waals surface area contributed by atoms with Crippen molar-refractivity contribution < 1.29 is 9.84 Å². The van der Waals surface area contributed by atoms with Gasteiger partial charge in [-0.3, -0.25) is 4.90 Å². The molecule has 3 nitrogen and oxygen atoms in total. The number of aliphatic hydroxyl groups is 1. The van der Waals surface area contributed by atoms with Gasteiger partial charge in [0.25, 0.3) is 0 Å². The van der Waals surface area contributed by atoms with Crippen LogP contribution in [0.3, 0.4) is 0 Å². The maximum atomic E-state index is 10.3. The topological polar surface area (TPSA) is 32.7 Å². The smallest absolute Gasteiger partial charge is 0.0740 e. The number of hydrogen-bond donors (Lipinski definition) is 1. The molecule has 2 aliphatic heterocycles. The third-order valence-corrected chi connectivity index (χ3v) is 9.74. The van der Waals surface area contributed by atoms with Crippen LogP contribution < -0.4 is 0 Å². The highest BCUT2D eigenvalue weighted by Gasteiger charge is 2.40. The second-order valence-electron chi connectivity index (χ2n) is 12.2. The maximum absolute atomic E-state index is 10.3. The third-order valence-electron chi connectivity index (χ3n) is 9.58. The molecule has 4 rings (SSSR count). The Morgan fingerprint density at radius 2 is 2.00 bits per heavy atom. The molecule has 188 valence electrons. The zero-order valence-electron chi connectivity index (χ0n) is 21.6. The van der Waals surface area contributed by atoms with E-state index >= 15 is 0 Å². The lowest BCUT2D eigenvalue weighted by Gasteiger charge is -2.47. The predicted octanol–water partition coefficient (Wildman–Crippen LogP) is 6.73. The van der Waals surface area contributed by atoms with Crippen LogP contribution in [-0.4, -0.2) is 53.8 Å². The van der Waals surface area contributed by atoms with Crippen molar-refractivity contribution in [1.82, 2.24) is 4.90 Å². The van der Waals surface area contributed by atoms with Crippen LogP contribution in [0.2, 0.25) is 0 Å². The van der Waals surface area contributed by atoms with Crippen molar-refractivity contribution in [3.05, 3.63) is 22.8 Å². The molecule has 1 N–H and O–H groups in total. The van der Waals surface area contributed by atoms with E-state index < -0.39 is 0 Å². The van der Waals surface area contributed by atoms with Crippen LogP contribution in [0.5, 0.6) is 0 Å². The van der Waals surface area contributed by atoms with E-state index in [1.807, 2.05) is 0 Å². The number of allylic oxidation sites excluding steroid dienone is 2. The highest BCUT2D eigenvalue weighted by atomic mass is 35.5. The number of fused-ring (bicyclic) bond motifs is 3. The van der Waals surface area contributed by atoms with Gasteiger partial charge in [-0.15, -0.1) is 11.6 Å². The molecule has 7 atom stereocenters. The first kappa shape index (κ1) is 25.7. The molecule has 33 heavy (non-hydrogen) atoms. The van der Waals surface area contributed by atoms with Gasteiger partial charge in [0.15, 0.2) is 0 Å². The number of alkyl halides is 1. The molecule has 0 bridgehead atoms. The fraction of sp³-hybridized carbons (Fsp3) is 0.862. The minimum atomic E-state index is -0.136. The average Bonchev–Trinajstić information content (AvgIpc) is 2.83. The number of halogens is 1. The van der Waals surface area contributed by atoms with Gasteiger partial charge in [0.2, 0.25) is 0 Å². The molecule has 2 heterocycles. The van der Waals surface area contributed by atoms with Gasteiger partial charge in [-0.1, -0.05) is 38.0 Å². The van der Waals surface area contributed by atoms with E-state index in [2.05, 4.69) is 38.7 Å². The molecule has 1 saturated carbocycles. The van der Waals surface area contributed by atoms with E-state index in [0.29, 0.717) is 35.8 Å². The summed E-state index contributed by atoms with van der Waals surface area (Å²) in [6.07, 6.45) is 14.2. The van der Waals surface area contributed by atoms with Crippen molar-refractivity contribution in [2.45, 2.75) is 110 Å². The highest BCUT2D eigenvalue weighted by Crippen LogP contribution is 2.48. The Hall–Kier alpha value is -0.350. The van der Waals surface area contributed by atoms with Gasteiger partial charge in [-0.2, -0.15) is 0 Å². The van der Waals surface area contributed by atoms with Crippen LogP contribution in [0.15, 0.2) is 22.8 Å². The molecule has 0 amide bonds. The van der Waals surface area contributed by atoms with Gasteiger partial charge in [0, 0.05) is 25.0 Å². The second-order valence-corrected chi connectivity index (χ2v) is 12.6. The molecular weight excluding hydrogens is 430 g/mol. The van der Waals surface area contributed by atoms with Gasteiger partial charge < -0.3 is 9.84 Å². The molecule has 0 aromatic carbocycles. The molecular formula is C29H48ClNO2. The summed E-state index contributed by atoms with van der Waals surface area (Å²) < 4.78 is 6.76. The van der Waals surface area contributed by atoms with Gasteiger partial charge >= 0.3 is 0 Å². The van der Waals surface area contributed by atoms with Crippen molar-refractivity contribution in [2.75, 3.05) is 25.6 Å². The van der Waals surface area contributed by atoms with E-state index in [1.165, 1.54) is 49.7 Å². The number of aliphatic hydroxyl groups excluding tert-OH is 1. The van der Waals surface area contributed by atoms with Crippen LogP contribution in [-0.2, 0) is 4.74 Å². The minimum Gasteiger partial charge on any atom is -0.393 e. The van der Waals surface area contributed by atoms with Crippen molar-refractivity contribution in [3.63, 3.8) is 0 Å². The highest BCUT2D eigenvalue weighted by molar-refractivity contribution is 6.18. The number of likely N-dealkylation sites (tertiary alicyclic amines) is 1. The van der Waals surface area contributed by atoms with E-state index in [4.69, 9.17) is 16.3 Å². The molecule has 7 unspecified atom stereocenters. The van der Waals surface area contributed by atoms with Gasteiger partial charge in [-0.25, -0.2) is 0 Å². The SMILES string of the molecule is CC1=C2CCC3(C)CCC(O)CC3=CCCC2CCC(C)C2C(CC(C)CN2CCCl)OC1. The second kappa shape index (κ2) is 11.1. The third kappa shape index (κ3) is 5.90. The summed E-state index contributed by atoms with van der Waals surface area (Å²) in [7, 11) is 0. The van der Waals surface area contributed by atoms with Gasteiger partial charge in [-0.05, 0) is 99.9 Å². The Morgan fingerprint density at radius 3 is 2.79 bits per heavy atom. The quantitative estimate of drug-likeness (QED) is 0.353. The Morgan fingerprint density at radius 1 is 1.18 bits per heavy atom. The number of rotatable bonds is 2. The molecule has 1 saturated heterocycles. The summed E-state index contributed by atoms with van der Waals surface area (Å²) >= 11 is 6.22. The average molecular weight is 478 g/mol. The normalized spacial score (nSPS) is 41.6. The summed E-state index contributed by atoms with van der Waals surface area (Å²) in [5.41, 5.74) is 4.99. The largest absolute Gasteiger partial charge is 0.393 e. The van der Waals surface area contributed by atoms with E-state index in [1.54, 1.807) is 5.57 Å². The van der Waals surface area contributed by atoms with Crippen LogP contribution in [0.25, 0.3) is 0 Å². The monoisotopic (exact) mass is 477 g/mol. The molecule has 0 aromatic rings. The predicted molar refractivity (Wildman–Crippen MR) is 139 cm³/mol. The first-order valence-corrected chi connectivity index (χ1v) is 14.3. The molecule has 2 fully saturated rings. The molecule has 4 aliphatic rings. The molecule has 4 heteroatoms. The zero-order chi connectivity index (χ0) is 23.6. The van der Waals surface area contributed by atoms with E-state index in [-0.39, 0.29) is 11.5 Å². The molecule has 0 spiro atoms. The minimum absolute atomic E-state index is 0.136. The number of ether oxygens (including phenoxy) is 1. The lowest BCUT2D eigenvalue weighted by atomic mass is 9.67. The number of hydrogen-bond acceptors (Lipinski definition) is 3. The molecule has 2 aliphatic carbocycles. The standard InChI is InChI=1S/C29H48ClNO2/c1-20-16-27-28(31(18-20)15-14-30)21(2)8-9-23-6-5-7-24-17-25(32)10-12-29(24,4)13-11-26(23)22(3)19-33-27/h7,20-21,23,25,27-28,32H,5-6,8-19H2,1-4H3. The molecule has 0 radical (unpaired) electrons. The van der Waals surface area contributed by atoms with Gasteiger partial charge in [0.1, 0.15) is 0 Å². The first-order chi connectivity index (χ1) is 15.8. The molecule has 0 aromatic heterocycles. The summed E-state index contributed by atoms with van der Waals surface area (Å²) in [5, 5.41) is 10.3. The first-order valence-electron chi connectivity index (χ1n) is 13.8. The van der Waals surface area contributed by atoms with Crippen molar-refractivity contribution in [1.29, 1.82) is 0 Å². The van der Waals surface area contributed by atoms with Crippen molar-refractivity contribution >= 4 is 11.6 Å². The summed E-state index contributed by atoms with van der Waals surface area (Å²) in [4.78, 5) is 2.64. The fourth-order valence-electron chi connectivity index (χ4n) is 7.56. The fourth-order valence-corrected chi connectivity index (χ4v) is 7.78. The summed E-state index contributed by atoms with van der Waals surface area (Å²) in [5.74, 6) is 2.67. The van der Waals surface area contributed by atoms with Crippen LogP contribution >= 0.6 is 11.6 Å². The van der Waals surface area contributed by atoms with Crippen molar-refractivity contribution in [2.24, 2.45) is 23.2 Å². The zero-order valence-corrected chi connectivity index (χ0v) is 22.4. The van der Waals surface area contributed by atoms with Gasteiger partial charge in [0.05, 0.1) is 18.8 Å². The Labute approximate surface area is 208 Å². The van der Waals surface area contributed by atoms with Crippen LogP contribution in [0.1, 0.15) is 91.9 Å². The van der Waals surface area contributed by atoms with E-state index in [0.717, 1.165) is 45.4 Å². The van der Waals surface area contributed by atoms with Crippen LogP contribution in [0.4, 0.5) is 0 Å². The lowest BCUT2D eigenvalue weighted by molar-refractivity contribution is -0.0702.